The fourth-order valence-electron chi connectivity index (χ4n) is 1.56. The molecule has 1 aromatic carbocycles. The van der Waals surface area contributed by atoms with Crippen molar-refractivity contribution in [1.82, 2.24) is 5.32 Å². The predicted octanol–water partition coefficient (Wildman–Crippen LogP) is 2.34. The lowest BCUT2D eigenvalue weighted by Gasteiger charge is -2.21. The number of methoxy groups -OCH3 is 1. The van der Waals surface area contributed by atoms with E-state index in [9.17, 15) is 0 Å². The van der Waals surface area contributed by atoms with Crippen molar-refractivity contribution in [2.24, 2.45) is 0 Å². The van der Waals surface area contributed by atoms with Crippen molar-refractivity contribution < 1.29 is 14.6 Å². The van der Waals surface area contributed by atoms with Gasteiger partial charge in [0.25, 0.3) is 0 Å². The summed E-state index contributed by atoms with van der Waals surface area (Å²) in [5, 5.41) is 12.2. The summed E-state index contributed by atoms with van der Waals surface area (Å²) in [6.45, 7) is 7.82. The predicted molar refractivity (Wildman–Crippen MR) is 76.8 cm³/mol. The van der Waals surface area contributed by atoms with E-state index in [-0.39, 0.29) is 12.1 Å². The maximum atomic E-state index is 8.74. The SMILES string of the molecule is COc1cc(CNC(C)(C)C)ccc1OCCCO. The Morgan fingerprint density at radius 1 is 1.21 bits per heavy atom. The molecule has 0 spiro atoms. The zero-order valence-corrected chi connectivity index (χ0v) is 12.3. The van der Waals surface area contributed by atoms with E-state index in [0.717, 1.165) is 23.6 Å². The number of aliphatic hydroxyl groups excluding tert-OH is 1. The van der Waals surface area contributed by atoms with Crippen LogP contribution in [0.2, 0.25) is 0 Å². The normalized spacial score (nSPS) is 11.4. The van der Waals surface area contributed by atoms with Gasteiger partial charge in [0.05, 0.1) is 13.7 Å². The Kier molecular flexibility index (Phi) is 6.12. The Balaban J connectivity index is 2.67. The van der Waals surface area contributed by atoms with E-state index in [2.05, 4.69) is 26.1 Å². The second-order valence-electron chi connectivity index (χ2n) is 5.51. The highest BCUT2D eigenvalue weighted by Crippen LogP contribution is 2.28. The van der Waals surface area contributed by atoms with Crippen LogP contribution in [0, 0.1) is 0 Å². The molecule has 0 heterocycles. The van der Waals surface area contributed by atoms with Gasteiger partial charge in [-0.1, -0.05) is 6.07 Å². The molecule has 0 radical (unpaired) electrons. The molecule has 0 aliphatic heterocycles. The van der Waals surface area contributed by atoms with Crippen LogP contribution in [0.4, 0.5) is 0 Å². The fourth-order valence-corrected chi connectivity index (χ4v) is 1.56. The molecular formula is C15H25NO3. The number of hydrogen-bond donors (Lipinski definition) is 2. The van der Waals surface area contributed by atoms with Crippen LogP contribution in [0.25, 0.3) is 0 Å². The van der Waals surface area contributed by atoms with Gasteiger partial charge in [0.2, 0.25) is 0 Å². The number of aliphatic hydroxyl groups is 1. The zero-order chi connectivity index (χ0) is 14.3. The van der Waals surface area contributed by atoms with Gasteiger partial charge in [-0.2, -0.15) is 0 Å². The Morgan fingerprint density at radius 3 is 2.53 bits per heavy atom. The molecule has 0 saturated carbocycles. The molecule has 0 fully saturated rings. The minimum Gasteiger partial charge on any atom is -0.493 e. The molecule has 0 amide bonds. The lowest BCUT2D eigenvalue weighted by molar-refractivity contribution is 0.228. The third-order valence-corrected chi connectivity index (χ3v) is 2.61. The van der Waals surface area contributed by atoms with Crippen molar-refractivity contribution in [3.8, 4) is 11.5 Å². The molecule has 4 heteroatoms. The Labute approximate surface area is 115 Å². The number of hydrogen-bond acceptors (Lipinski definition) is 4. The fraction of sp³-hybridized carbons (Fsp3) is 0.600. The minimum atomic E-state index is 0.0868. The summed E-state index contributed by atoms with van der Waals surface area (Å²) in [5.41, 5.74) is 1.24. The lowest BCUT2D eigenvalue weighted by atomic mass is 10.1. The first-order valence-corrected chi connectivity index (χ1v) is 6.62. The van der Waals surface area contributed by atoms with Gasteiger partial charge in [-0.3, -0.25) is 0 Å². The monoisotopic (exact) mass is 267 g/mol. The molecule has 0 aliphatic carbocycles. The van der Waals surface area contributed by atoms with Gasteiger partial charge in [0, 0.05) is 25.1 Å². The van der Waals surface area contributed by atoms with Gasteiger partial charge in [-0.25, -0.2) is 0 Å². The highest BCUT2D eigenvalue weighted by Gasteiger charge is 2.10. The molecule has 108 valence electrons. The van der Waals surface area contributed by atoms with Crippen molar-refractivity contribution in [3.63, 3.8) is 0 Å². The highest BCUT2D eigenvalue weighted by molar-refractivity contribution is 5.43. The maximum absolute atomic E-state index is 8.74. The Hall–Kier alpha value is -1.26. The summed E-state index contributed by atoms with van der Waals surface area (Å²) < 4.78 is 10.9. The third-order valence-electron chi connectivity index (χ3n) is 2.61. The van der Waals surface area contributed by atoms with Crippen LogP contribution < -0.4 is 14.8 Å². The van der Waals surface area contributed by atoms with E-state index in [1.807, 2.05) is 18.2 Å². The maximum Gasteiger partial charge on any atom is 0.161 e. The average Bonchev–Trinajstić information content (AvgIpc) is 2.36. The standard InChI is InChI=1S/C15H25NO3/c1-15(2,3)16-11-12-6-7-13(14(10-12)18-4)19-9-5-8-17/h6-7,10,16-17H,5,8-9,11H2,1-4H3. The zero-order valence-electron chi connectivity index (χ0n) is 12.3. The van der Waals surface area contributed by atoms with E-state index in [1.54, 1.807) is 7.11 Å². The molecule has 0 unspecified atom stereocenters. The summed E-state index contributed by atoms with van der Waals surface area (Å²) in [6, 6.07) is 5.92. The van der Waals surface area contributed by atoms with Gasteiger partial charge in [-0.15, -0.1) is 0 Å². The topological polar surface area (TPSA) is 50.7 Å². The van der Waals surface area contributed by atoms with E-state index < -0.39 is 0 Å². The first kappa shape index (κ1) is 15.8. The van der Waals surface area contributed by atoms with Crippen molar-refractivity contribution in [1.29, 1.82) is 0 Å². The van der Waals surface area contributed by atoms with Crippen LogP contribution in [-0.4, -0.2) is 31.0 Å². The lowest BCUT2D eigenvalue weighted by Crippen LogP contribution is -2.35. The molecule has 2 N–H and O–H groups in total. The molecule has 0 saturated heterocycles. The van der Waals surface area contributed by atoms with Crippen LogP contribution in [0.5, 0.6) is 11.5 Å². The number of ether oxygens (including phenoxy) is 2. The van der Waals surface area contributed by atoms with Gasteiger partial charge in [-0.05, 0) is 38.5 Å². The molecule has 4 nitrogen and oxygen atoms in total. The molecule has 1 aromatic rings. The summed E-state index contributed by atoms with van der Waals surface area (Å²) >= 11 is 0. The second-order valence-corrected chi connectivity index (χ2v) is 5.51. The Bertz CT molecular complexity index is 385. The number of benzene rings is 1. The van der Waals surface area contributed by atoms with Gasteiger partial charge < -0.3 is 19.9 Å². The first-order valence-electron chi connectivity index (χ1n) is 6.62. The molecule has 0 bridgehead atoms. The van der Waals surface area contributed by atoms with E-state index in [0.29, 0.717) is 13.0 Å². The van der Waals surface area contributed by atoms with Gasteiger partial charge in [0.1, 0.15) is 0 Å². The quantitative estimate of drug-likeness (QED) is 0.745. The summed E-state index contributed by atoms with van der Waals surface area (Å²) in [5.74, 6) is 1.45. The van der Waals surface area contributed by atoms with Crippen molar-refractivity contribution in [2.75, 3.05) is 20.3 Å². The van der Waals surface area contributed by atoms with E-state index in [1.165, 1.54) is 0 Å². The molecule has 0 atom stereocenters. The number of nitrogens with one attached hydrogen (secondary N) is 1. The molecular weight excluding hydrogens is 242 g/mol. The van der Waals surface area contributed by atoms with Crippen LogP contribution in [0.3, 0.4) is 0 Å². The molecule has 19 heavy (non-hydrogen) atoms. The van der Waals surface area contributed by atoms with Gasteiger partial charge in [0.15, 0.2) is 11.5 Å². The van der Waals surface area contributed by atoms with Crippen molar-refractivity contribution >= 4 is 0 Å². The summed E-state index contributed by atoms with van der Waals surface area (Å²) in [6.07, 6.45) is 0.622. The summed E-state index contributed by atoms with van der Waals surface area (Å²) in [4.78, 5) is 0. The second kappa shape index (κ2) is 7.36. The Morgan fingerprint density at radius 2 is 1.95 bits per heavy atom. The highest BCUT2D eigenvalue weighted by atomic mass is 16.5. The molecule has 0 aliphatic rings. The minimum absolute atomic E-state index is 0.0868. The van der Waals surface area contributed by atoms with E-state index in [4.69, 9.17) is 14.6 Å². The number of rotatable bonds is 7. The smallest absolute Gasteiger partial charge is 0.161 e. The first-order chi connectivity index (χ1) is 8.96. The van der Waals surface area contributed by atoms with Crippen molar-refractivity contribution in [3.05, 3.63) is 23.8 Å². The summed E-state index contributed by atoms with van der Waals surface area (Å²) in [7, 11) is 1.63. The van der Waals surface area contributed by atoms with Crippen LogP contribution in [-0.2, 0) is 6.54 Å². The third kappa shape index (κ3) is 5.94. The molecule has 0 aromatic heterocycles. The van der Waals surface area contributed by atoms with Crippen LogP contribution >= 0.6 is 0 Å². The van der Waals surface area contributed by atoms with Gasteiger partial charge >= 0.3 is 0 Å². The average molecular weight is 267 g/mol. The van der Waals surface area contributed by atoms with Crippen molar-refractivity contribution in [2.45, 2.75) is 39.3 Å². The molecule has 1 rings (SSSR count). The largest absolute Gasteiger partial charge is 0.493 e. The van der Waals surface area contributed by atoms with E-state index >= 15 is 0 Å². The van der Waals surface area contributed by atoms with Crippen LogP contribution in [0.1, 0.15) is 32.8 Å². The van der Waals surface area contributed by atoms with Crippen LogP contribution in [0.15, 0.2) is 18.2 Å².